The molecule has 1 atom stereocenters. The van der Waals surface area contributed by atoms with Crippen molar-refractivity contribution in [2.45, 2.75) is 44.1 Å². The number of amides is 1. The molecule has 0 aromatic heterocycles. The topological polar surface area (TPSA) is 58.6 Å². The van der Waals surface area contributed by atoms with E-state index < -0.39 is 29.2 Å². The third-order valence-corrected chi connectivity index (χ3v) is 5.54. The predicted octanol–water partition coefficient (Wildman–Crippen LogP) is 4.27. The Morgan fingerprint density at radius 2 is 1.69 bits per heavy atom. The van der Waals surface area contributed by atoms with E-state index in [1.54, 1.807) is 30.3 Å². The van der Waals surface area contributed by atoms with E-state index in [1.807, 2.05) is 31.1 Å². The molecule has 1 unspecified atom stereocenters. The van der Waals surface area contributed by atoms with Crippen LogP contribution in [0.1, 0.15) is 38.2 Å². The van der Waals surface area contributed by atoms with Gasteiger partial charge in [0.15, 0.2) is 6.10 Å². The highest BCUT2D eigenvalue weighted by atomic mass is 19.1. The highest BCUT2D eigenvalue weighted by Gasteiger charge is 2.46. The summed E-state index contributed by atoms with van der Waals surface area (Å²) in [6.45, 7) is 1.53. The lowest BCUT2D eigenvalue weighted by Gasteiger charge is -2.29. The number of nitrogens with zero attached hydrogens (tertiary/aromatic N) is 1. The Bertz CT molecular complexity index is 874. The van der Waals surface area contributed by atoms with E-state index in [0.717, 1.165) is 18.5 Å². The van der Waals surface area contributed by atoms with E-state index in [-0.39, 0.29) is 0 Å². The van der Waals surface area contributed by atoms with Crippen LogP contribution in [-0.4, -0.2) is 32.1 Å². The Hall–Kier alpha value is -2.89. The fourth-order valence-corrected chi connectivity index (χ4v) is 3.82. The van der Waals surface area contributed by atoms with Crippen molar-refractivity contribution >= 4 is 23.3 Å². The molecule has 5 nitrogen and oxygen atoms in total. The van der Waals surface area contributed by atoms with Gasteiger partial charge in [-0.15, -0.1) is 0 Å². The summed E-state index contributed by atoms with van der Waals surface area (Å²) in [4.78, 5) is 27.5. The quantitative estimate of drug-likeness (QED) is 0.738. The van der Waals surface area contributed by atoms with Crippen molar-refractivity contribution in [1.29, 1.82) is 0 Å². The second kappa shape index (κ2) is 8.64. The zero-order valence-electron chi connectivity index (χ0n) is 17.1. The van der Waals surface area contributed by atoms with Crippen LogP contribution in [-0.2, 0) is 19.7 Å². The number of anilines is 2. The van der Waals surface area contributed by atoms with Gasteiger partial charge in [0.2, 0.25) is 0 Å². The fourth-order valence-electron chi connectivity index (χ4n) is 3.82. The van der Waals surface area contributed by atoms with Crippen LogP contribution < -0.4 is 10.2 Å². The summed E-state index contributed by atoms with van der Waals surface area (Å²) in [5.41, 5.74) is 0.964. The molecule has 0 spiro atoms. The van der Waals surface area contributed by atoms with Crippen molar-refractivity contribution < 1.29 is 18.7 Å². The lowest BCUT2D eigenvalue weighted by Crippen LogP contribution is -2.40. The molecular weight excluding hydrogens is 371 g/mol. The van der Waals surface area contributed by atoms with Gasteiger partial charge in [-0.1, -0.05) is 31.0 Å². The summed E-state index contributed by atoms with van der Waals surface area (Å²) >= 11 is 0. The molecule has 1 aliphatic rings. The number of ether oxygens (including phenoxy) is 1. The number of esters is 1. The molecule has 0 aliphatic heterocycles. The van der Waals surface area contributed by atoms with Crippen molar-refractivity contribution in [3.63, 3.8) is 0 Å². The first-order chi connectivity index (χ1) is 13.8. The van der Waals surface area contributed by atoms with Crippen molar-refractivity contribution in [3.8, 4) is 0 Å². The Morgan fingerprint density at radius 1 is 1.07 bits per heavy atom. The number of carbonyl (C=O) groups is 2. The van der Waals surface area contributed by atoms with Crippen LogP contribution in [0.4, 0.5) is 15.8 Å². The standard InChI is InChI=1S/C23H27FN2O3/c1-16(21(27)25-17-10-12-18(13-11-17)26(2)3)29-22(28)23(14-6-7-15-23)19-8-4-5-9-20(19)24/h4-5,8-13,16H,6-7,14-15H2,1-3H3,(H,25,27). The van der Waals surface area contributed by atoms with Gasteiger partial charge in [0.25, 0.3) is 5.91 Å². The maximum Gasteiger partial charge on any atom is 0.317 e. The van der Waals surface area contributed by atoms with Gasteiger partial charge in [0.1, 0.15) is 5.82 Å². The molecule has 1 fully saturated rings. The minimum Gasteiger partial charge on any atom is -0.452 e. The van der Waals surface area contributed by atoms with Gasteiger partial charge in [0.05, 0.1) is 5.41 Å². The first-order valence-corrected chi connectivity index (χ1v) is 9.88. The molecule has 6 heteroatoms. The summed E-state index contributed by atoms with van der Waals surface area (Å²) in [7, 11) is 3.87. The predicted molar refractivity (Wildman–Crippen MR) is 111 cm³/mol. The number of hydrogen-bond donors (Lipinski definition) is 1. The molecule has 0 saturated heterocycles. The molecule has 154 valence electrons. The maximum absolute atomic E-state index is 14.4. The Balaban J connectivity index is 1.70. The molecule has 29 heavy (non-hydrogen) atoms. The van der Waals surface area contributed by atoms with Crippen LogP contribution in [0.25, 0.3) is 0 Å². The highest BCUT2D eigenvalue weighted by molar-refractivity contribution is 5.96. The molecule has 1 aliphatic carbocycles. The second-order valence-electron chi connectivity index (χ2n) is 7.75. The smallest absolute Gasteiger partial charge is 0.317 e. The summed E-state index contributed by atoms with van der Waals surface area (Å²) in [6.07, 6.45) is 1.70. The van der Waals surface area contributed by atoms with Gasteiger partial charge in [-0.25, -0.2) is 4.39 Å². The van der Waals surface area contributed by atoms with Crippen LogP contribution in [0.2, 0.25) is 0 Å². The number of carbonyl (C=O) groups excluding carboxylic acids is 2. The molecule has 1 N–H and O–H groups in total. The summed E-state index contributed by atoms with van der Waals surface area (Å²) in [5, 5.41) is 2.76. The fraction of sp³-hybridized carbons (Fsp3) is 0.391. The van der Waals surface area contributed by atoms with E-state index >= 15 is 0 Å². The van der Waals surface area contributed by atoms with E-state index in [2.05, 4.69) is 5.32 Å². The van der Waals surface area contributed by atoms with Gasteiger partial charge in [-0.2, -0.15) is 0 Å². The van der Waals surface area contributed by atoms with Crippen LogP contribution in [0.5, 0.6) is 0 Å². The van der Waals surface area contributed by atoms with Gasteiger partial charge in [-0.05, 0) is 50.1 Å². The minimum atomic E-state index is -1.02. The van der Waals surface area contributed by atoms with Gasteiger partial charge in [-0.3, -0.25) is 9.59 Å². The lowest BCUT2D eigenvalue weighted by atomic mass is 9.78. The van der Waals surface area contributed by atoms with Crippen molar-refractivity contribution in [2.24, 2.45) is 0 Å². The van der Waals surface area contributed by atoms with E-state index in [4.69, 9.17) is 4.74 Å². The van der Waals surface area contributed by atoms with Gasteiger partial charge >= 0.3 is 5.97 Å². The Kier molecular flexibility index (Phi) is 6.20. The van der Waals surface area contributed by atoms with Crippen LogP contribution >= 0.6 is 0 Å². The number of rotatable bonds is 6. The molecular formula is C23H27FN2O3. The third kappa shape index (κ3) is 4.42. The van der Waals surface area contributed by atoms with Crippen LogP contribution in [0.15, 0.2) is 48.5 Å². The number of benzene rings is 2. The lowest BCUT2D eigenvalue weighted by molar-refractivity contribution is -0.159. The SMILES string of the molecule is CC(OC(=O)C1(c2ccccc2F)CCCC1)C(=O)Nc1ccc(N(C)C)cc1. The summed E-state index contributed by atoms with van der Waals surface area (Å²) in [6, 6.07) is 13.7. The van der Waals surface area contributed by atoms with Crippen LogP contribution in [0, 0.1) is 5.82 Å². The van der Waals surface area contributed by atoms with E-state index in [0.29, 0.717) is 24.1 Å². The molecule has 0 radical (unpaired) electrons. The average Bonchev–Trinajstić information content (AvgIpc) is 3.19. The van der Waals surface area contributed by atoms with E-state index in [9.17, 15) is 14.0 Å². The molecule has 2 aromatic carbocycles. The first kappa shape index (κ1) is 20.8. The third-order valence-electron chi connectivity index (χ3n) is 5.54. The average molecular weight is 398 g/mol. The summed E-state index contributed by atoms with van der Waals surface area (Å²) < 4.78 is 19.9. The summed E-state index contributed by atoms with van der Waals surface area (Å²) in [5.74, 6) is -1.37. The maximum atomic E-state index is 14.4. The Morgan fingerprint density at radius 3 is 2.28 bits per heavy atom. The van der Waals surface area contributed by atoms with Crippen molar-refractivity contribution in [1.82, 2.24) is 0 Å². The molecule has 1 amide bonds. The zero-order chi connectivity index (χ0) is 21.0. The number of halogens is 1. The number of nitrogens with one attached hydrogen (secondary N) is 1. The molecule has 0 bridgehead atoms. The minimum absolute atomic E-state index is 0.356. The van der Waals surface area contributed by atoms with Gasteiger partial charge < -0.3 is 15.0 Å². The van der Waals surface area contributed by atoms with Crippen molar-refractivity contribution in [2.75, 3.05) is 24.3 Å². The number of hydrogen-bond acceptors (Lipinski definition) is 4. The molecule has 1 saturated carbocycles. The molecule has 2 aromatic rings. The monoisotopic (exact) mass is 398 g/mol. The molecule has 3 rings (SSSR count). The highest BCUT2D eigenvalue weighted by Crippen LogP contribution is 2.43. The van der Waals surface area contributed by atoms with E-state index in [1.165, 1.54) is 13.0 Å². The van der Waals surface area contributed by atoms with Crippen LogP contribution in [0.3, 0.4) is 0 Å². The molecule has 0 heterocycles. The zero-order valence-corrected chi connectivity index (χ0v) is 17.1. The largest absolute Gasteiger partial charge is 0.452 e. The van der Waals surface area contributed by atoms with Gasteiger partial charge in [0, 0.05) is 31.0 Å². The normalized spacial score (nSPS) is 16.1. The Labute approximate surface area is 170 Å². The first-order valence-electron chi connectivity index (χ1n) is 9.88. The second-order valence-corrected chi connectivity index (χ2v) is 7.75. The van der Waals surface area contributed by atoms with Crippen molar-refractivity contribution in [3.05, 3.63) is 59.9 Å².